The monoisotopic (exact) mass is 284 g/mol. The summed E-state index contributed by atoms with van der Waals surface area (Å²) in [6, 6.07) is 0. The molecular weight excluding hydrogens is 256 g/mol. The lowest BCUT2D eigenvalue weighted by atomic mass is 10.7. The van der Waals surface area contributed by atoms with E-state index in [1.165, 1.54) is 0 Å². The molecule has 0 unspecified atom stereocenters. The van der Waals surface area contributed by atoms with Crippen molar-refractivity contribution in [2.24, 2.45) is 4.99 Å². The second-order valence-electron chi connectivity index (χ2n) is 4.27. The van der Waals surface area contributed by atoms with Gasteiger partial charge in [-0.15, -0.1) is 0 Å². The Kier molecular flexibility index (Phi) is 12.0. The number of aliphatic imine (C=N–C) groups is 1. The summed E-state index contributed by atoms with van der Waals surface area (Å²) in [6.45, 7) is 9.50. The summed E-state index contributed by atoms with van der Waals surface area (Å²) >= 11 is 0. The molecule has 4 heterocycles. The summed E-state index contributed by atoms with van der Waals surface area (Å²) in [5.74, 6) is 0. The lowest BCUT2D eigenvalue weighted by Gasteiger charge is -1.83. The number of hydrogen-bond donors (Lipinski definition) is 7. The Bertz CT molecular complexity index is 195. The van der Waals surface area contributed by atoms with E-state index >= 15 is 0 Å². The van der Waals surface area contributed by atoms with Gasteiger partial charge in [0.15, 0.2) is 0 Å². The average Bonchev–Trinajstić information content (AvgIpc) is 3.40. The molecule has 4 aliphatic heterocycles. The third-order valence-electron chi connectivity index (χ3n) is 2.55. The van der Waals surface area contributed by atoms with Crippen molar-refractivity contribution in [3.05, 3.63) is 12.3 Å². The van der Waals surface area contributed by atoms with Gasteiger partial charge >= 0.3 is 0 Å². The van der Waals surface area contributed by atoms with Crippen molar-refractivity contribution in [3.63, 3.8) is 0 Å². The Balaban J connectivity index is 0.000000133. The van der Waals surface area contributed by atoms with Crippen LogP contribution in [0.1, 0.15) is 0 Å². The van der Waals surface area contributed by atoms with Gasteiger partial charge in [0.25, 0.3) is 0 Å². The molecule has 0 saturated carbocycles. The van der Waals surface area contributed by atoms with E-state index in [4.69, 9.17) is 0 Å². The molecule has 0 aliphatic carbocycles. The maximum absolute atomic E-state index is 3.85. The van der Waals surface area contributed by atoms with Gasteiger partial charge in [0.05, 0.1) is 12.9 Å². The van der Waals surface area contributed by atoms with E-state index in [-0.39, 0.29) is 0 Å². The molecule has 0 spiro atoms. The molecule has 8 nitrogen and oxygen atoms in total. The molecule has 0 bridgehead atoms. The van der Waals surface area contributed by atoms with E-state index in [0.29, 0.717) is 0 Å². The average molecular weight is 284 g/mol. The SMILES string of the molecule is C1=CNNC1.C1=NCCN1.C1CNCN1.C1CNCN1. The van der Waals surface area contributed by atoms with Gasteiger partial charge in [-0.25, -0.2) is 5.43 Å². The molecule has 0 amide bonds. The smallest absolute Gasteiger partial charge is 0.0825 e. The Morgan fingerprint density at radius 2 is 1.45 bits per heavy atom. The Morgan fingerprint density at radius 1 is 0.800 bits per heavy atom. The third-order valence-corrected chi connectivity index (χ3v) is 2.55. The maximum Gasteiger partial charge on any atom is 0.0825 e. The molecule has 4 rings (SSSR count). The minimum atomic E-state index is 0.958. The molecule has 4 aliphatic rings. The normalized spacial score (nSPS) is 21.6. The lowest BCUT2D eigenvalue weighted by molar-refractivity contribution is 0.727. The second-order valence-corrected chi connectivity index (χ2v) is 4.27. The van der Waals surface area contributed by atoms with Crippen LogP contribution in [-0.4, -0.2) is 65.5 Å². The number of hydrazine groups is 1. The van der Waals surface area contributed by atoms with Gasteiger partial charge in [-0.2, -0.15) is 0 Å². The molecule has 2 saturated heterocycles. The summed E-state index contributed by atoms with van der Waals surface area (Å²) < 4.78 is 0. The van der Waals surface area contributed by atoms with E-state index in [9.17, 15) is 0 Å². The van der Waals surface area contributed by atoms with Gasteiger partial charge in [0, 0.05) is 58.8 Å². The maximum atomic E-state index is 3.85. The highest BCUT2D eigenvalue weighted by atomic mass is 15.4. The van der Waals surface area contributed by atoms with E-state index in [1.54, 1.807) is 6.34 Å². The van der Waals surface area contributed by atoms with E-state index < -0.39 is 0 Å². The standard InChI is InChI=1S/2C3H8N2.2C3H6N2/c3*1-2-5-3-4-1;1-2-4-5-3-1/h2*4-5H,1-3H2;3H,1-2H2,(H,4,5);1-2,4-5H,3H2. The predicted molar refractivity (Wildman–Crippen MR) is 83.4 cm³/mol. The van der Waals surface area contributed by atoms with Crippen molar-refractivity contribution in [1.29, 1.82) is 0 Å². The molecular formula is C12H28N8. The molecule has 2 fully saturated rings. The van der Waals surface area contributed by atoms with Crippen molar-refractivity contribution >= 4 is 6.34 Å². The van der Waals surface area contributed by atoms with Crippen molar-refractivity contribution in [2.45, 2.75) is 0 Å². The van der Waals surface area contributed by atoms with Crippen LogP contribution in [0.25, 0.3) is 0 Å². The van der Waals surface area contributed by atoms with Crippen molar-refractivity contribution in [1.82, 2.24) is 37.4 Å². The van der Waals surface area contributed by atoms with Crippen LogP contribution < -0.4 is 37.4 Å². The summed E-state index contributed by atoms with van der Waals surface area (Å²) in [7, 11) is 0. The summed E-state index contributed by atoms with van der Waals surface area (Å²) in [5, 5.41) is 15.4. The highest BCUT2D eigenvalue weighted by Gasteiger charge is 1.91. The van der Waals surface area contributed by atoms with E-state index in [2.05, 4.69) is 42.4 Å². The molecule has 116 valence electrons. The Morgan fingerprint density at radius 3 is 1.60 bits per heavy atom. The molecule has 0 aromatic heterocycles. The van der Waals surface area contributed by atoms with Gasteiger partial charge in [-0.3, -0.25) is 4.99 Å². The molecule has 20 heavy (non-hydrogen) atoms. The van der Waals surface area contributed by atoms with Gasteiger partial charge < -0.3 is 32.0 Å². The number of nitrogens with zero attached hydrogens (tertiary/aromatic N) is 1. The zero-order chi connectivity index (χ0) is 14.1. The van der Waals surface area contributed by atoms with Crippen LogP contribution >= 0.6 is 0 Å². The van der Waals surface area contributed by atoms with Gasteiger partial charge in [-0.1, -0.05) is 6.08 Å². The minimum Gasteiger partial charge on any atom is -0.375 e. The largest absolute Gasteiger partial charge is 0.375 e. The van der Waals surface area contributed by atoms with Crippen molar-refractivity contribution < 1.29 is 0 Å². The van der Waals surface area contributed by atoms with Crippen molar-refractivity contribution in [3.8, 4) is 0 Å². The van der Waals surface area contributed by atoms with Gasteiger partial charge in [0.2, 0.25) is 0 Å². The molecule has 0 aromatic carbocycles. The molecule has 0 radical (unpaired) electrons. The van der Waals surface area contributed by atoms with Crippen LogP contribution in [-0.2, 0) is 0 Å². The highest BCUT2D eigenvalue weighted by molar-refractivity contribution is 5.56. The fourth-order valence-electron chi connectivity index (χ4n) is 1.50. The second kappa shape index (κ2) is 14.2. The zero-order valence-electron chi connectivity index (χ0n) is 12.0. The van der Waals surface area contributed by atoms with E-state index in [0.717, 1.165) is 59.2 Å². The first kappa shape index (κ1) is 16.9. The van der Waals surface area contributed by atoms with Crippen LogP contribution in [0.15, 0.2) is 17.3 Å². The molecule has 0 atom stereocenters. The predicted octanol–water partition coefficient (Wildman–Crippen LogP) is -2.50. The van der Waals surface area contributed by atoms with Gasteiger partial charge in [0.1, 0.15) is 0 Å². The van der Waals surface area contributed by atoms with Crippen LogP contribution in [0.5, 0.6) is 0 Å². The molecule has 8 heteroatoms. The van der Waals surface area contributed by atoms with Crippen molar-refractivity contribution in [2.75, 3.05) is 59.2 Å². The first-order valence-corrected chi connectivity index (χ1v) is 7.18. The molecule has 0 aromatic rings. The summed E-state index contributed by atoms with van der Waals surface area (Å²) in [6.07, 6.45) is 5.62. The van der Waals surface area contributed by atoms with Crippen LogP contribution in [0.2, 0.25) is 0 Å². The van der Waals surface area contributed by atoms with Crippen LogP contribution in [0.3, 0.4) is 0 Å². The summed E-state index contributed by atoms with van der Waals surface area (Å²) in [5.41, 5.74) is 5.65. The van der Waals surface area contributed by atoms with E-state index in [1.807, 2.05) is 12.3 Å². The van der Waals surface area contributed by atoms with Crippen LogP contribution in [0, 0.1) is 0 Å². The summed E-state index contributed by atoms with van der Waals surface area (Å²) in [4.78, 5) is 3.85. The number of rotatable bonds is 0. The minimum absolute atomic E-state index is 0.958. The Hall–Kier alpha value is -1.19. The van der Waals surface area contributed by atoms with Gasteiger partial charge in [-0.05, 0) is 0 Å². The number of hydrogen-bond acceptors (Lipinski definition) is 8. The first-order chi connectivity index (χ1) is 10.0. The third kappa shape index (κ3) is 11.9. The highest BCUT2D eigenvalue weighted by Crippen LogP contribution is 1.68. The lowest BCUT2D eigenvalue weighted by Crippen LogP contribution is -2.19. The first-order valence-electron chi connectivity index (χ1n) is 7.18. The molecule has 7 N–H and O–H groups in total. The van der Waals surface area contributed by atoms with Crippen LogP contribution in [0.4, 0.5) is 0 Å². The zero-order valence-corrected chi connectivity index (χ0v) is 12.0. The topological polar surface area (TPSA) is 96.6 Å². The fraction of sp³-hybridized carbons (Fsp3) is 0.750. The number of nitrogens with one attached hydrogen (secondary N) is 7. The quantitative estimate of drug-likeness (QED) is 0.264. The fourth-order valence-corrected chi connectivity index (χ4v) is 1.50. The Labute approximate surface area is 121 Å².